The number of hydrogen-bond acceptors (Lipinski definition) is 4. The van der Waals surface area contributed by atoms with Gasteiger partial charge in [0.25, 0.3) is 0 Å². The van der Waals surface area contributed by atoms with Crippen LogP contribution in [0, 0.1) is 0 Å². The molecular weight excluding hydrogens is 623 g/mol. The van der Waals surface area contributed by atoms with Crippen LogP contribution in [-0.4, -0.2) is 15.0 Å². The van der Waals surface area contributed by atoms with Gasteiger partial charge in [0.05, 0.1) is 0 Å². The highest BCUT2D eigenvalue weighted by molar-refractivity contribution is 6.20. The van der Waals surface area contributed by atoms with Crippen molar-refractivity contribution in [1.29, 1.82) is 0 Å². The predicted molar refractivity (Wildman–Crippen MR) is 209 cm³/mol. The Balaban J connectivity index is 1.18. The summed E-state index contributed by atoms with van der Waals surface area (Å²) in [4.78, 5) is 15.5. The number of benzene rings is 8. The van der Waals surface area contributed by atoms with Gasteiger partial charge in [-0.15, -0.1) is 0 Å². The van der Waals surface area contributed by atoms with E-state index >= 15 is 0 Å². The third kappa shape index (κ3) is 5.13. The van der Waals surface area contributed by atoms with E-state index in [0.717, 1.165) is 66.1 Å². The molecule has 0 spiro atoms. The van der Waals surface area contributed by atoms with Crippen LogP contribution in [0.25, 0.3) is 99.9 Å². The van der Waals surface area contributed by atoms with Crippen LogP contribution < -0.4 is 0 Å². The van der Waals surface area contributed by atoms with E-state index in [1.54, 1.807) is 0 Å². The first kappa shape index (κ1) is 29.0. The maximum atomic E-state index is 6.63. The fourth-order valence-corrected chi connectivity index (χ4v) is 7.16. The number of furan rings is 1. The van der Waals surface area contributed by atoms with E-state index < -0.39 is 0 Å². The van der Waals surface area contributed by atoms with Crippen LogP contribution in [0.2, 0.25) is 0 Å². The molecule has 10 rings (SSSR count). The molecule has 0 aliphatic rings. The lowest BCUT2D eigenvalue weighted by atomic mass is 9.96. The molecule has 238 valence electrons. The van der Waals surface area contributed by atoms with Gasteiger partial charge in [0.15, 0.2) is 17.5 Å². The molecule has 0 N–H and O–H groups in total. The standard InChI is InChI=1S/C47H29N3O/c1-3-11-30(12-4-1)37-25-26-40-41(28-37)51-42-29-38-17-9-10-18-39(38)44(43(40)42)47-49-45(33-14-5-2-6-15-33)48-46(50-47)34-22-19-32(20-23-34)36-24-21-31-13-7-8-16-35(31)27-36/h1-29H. The van der Waals surface area contributed by atoms with Crippen LogP contribution in [0.4, 0.5) is 0 Å². The molecule has 51 heavy (non-hydrogen) atoms. The second-order valence-electron chi connectivity index (χ2n) is 12.8. The van der Waals surface area contributed by atoms with Gasteiger partial charge in [0.2, 0.25) is 0 Å². The lowest BCUT2D eigenvalue weighted by Crippen LogP contribution is -2.01. The van der Waals surface area contributed by atoms with Crippen LogP contribution in [0.15, 0.2) is 180 Å². The Morgan fingerprint density at radius 2 is 0.843 bits per heavy atom. The normalized spacial score (nSPS) is 11.5. The van der Waals surface area contributed by atoms with Gasteiger partial charge in [-0.2, -0.15) is 0 Å². The van der Waals surface area contributed by atoms with Crippen LogP contribution in [0.3, 0.4) is 0 Å². The monoisotopic (exact) mass is 651 g/mol. The van der Waals surface area contributed by atoms with E-state index in [0.29, 0.717) is 17.5 Å². The minimum absolute atomic E-state index is 0.606. The lowest BCUT2D eigenvalue weighted by Gasteiger charge is -2.12. The Kier molecular flexibility index (Phi) is 6.78. The minimum atomic E-state index is 0.606. The minimum Gasteiger partial charge on any atom is -0.456 e. The van der Waals surface area contributed by atoms with Crippen molar-refractivity contribution in [2.75, 3.05) is 0 Å². The van der Waals surface area contributed by atoms with Crippen molar-refractivity contribution in [3.05, 3.63) is 176 Å². The van der Waals surface area contributed by atoms with Crippen LogP contribution in [-0.2, 0) is 0 Å². The van der Waals surface area contributed by atoms with Gasteiger partial charge in [-0.1, -0.05) is 152 Å². The van der Waals surface area contributed by atoms with Crippen molar-refractivity contribution in [1.82, 2.24) is 15.0 Å². The molecule has 0 aliphatic carbocycles. The molecule has 0 bridgehead atoms. The second-order valence-corrected chi connectivity index (χ2v) is 12.8. The van der Waals surface area contributed by atoms with Gasteiger partial charge < -0.3 is 4.42 Å². The van der Waals surface area contributed by atoms with Crippen molar-refractivity contribution in [3.8, 4) is 56.4 Å². The second kappa shape index (κ2) is 11.9. The quantitative estimate of drug-likeness (QED) is 0.186. The summed E-state index contributed by atoms with van der Waals surface area (Å²) in [5, 5.41) is 6.58. The topological polar surface area (TPSA) is 51.8 Å². The van der Waals surface area contributed by atoms with E-state index in [4.69, 9.17) is 19.4 Å². The van der Waals surface area contributed by atoms with Gasteiger partial charge in [-0.05, 0) is 68.1 Å². The largest absolute Gasteiger partial charge is 0.456 e. The summed E-state index contributed by atoms with van der Waals surface area (Å²) in [5.74, 6) is 1.84. The summed E-state index contributed by atoms with van der Waals surface area (Å²) in [5.41, 5.74) is 8.96. The molecule has 0 atom stereocenters. The molecule has 4 heteroatoms. The van der Waals surface area contributed by atoms with Crippen LogP contribution in [0.1, 0.15) is 0 Å². The van der Waals surface area contributed by atoms with E-state index in [2.05, 4.69) is 140 Å². The maximum Gasteiger partial charge on any atom is 0.165 e. The molecule has 0 saturated heterocycles. The highest BCUT2D eigenvalue weighted by Gasteiger charge is 2.21. The number of nitrogens with zero attached hydrogens (tertiary/aromatic N) is 3. The summed E-state index contributed by atoms with van der Waals surface area (Å²) in [7, 11) is 0. The zero-order valence-corrected chi connectivity index (χ0v) is 27.5. The van der Waals surface area contributed by atoms with Crippen LogP contribution in [0.5, 0.6) is 0 Å². The molecule has 10 aromatic rings. The summed E-state index contributed by atoms with van der Waals surface area (Å²) in [6.45, 7) is 0. The molecule has 0 unspecified atom stereocenters. The zero-order chi connectivity index (χ0) is 33.7. The number of hydrogen-bond donors (Lipinski definition) is 0. The Labute approximate surface area is 294 Å². The van der Waals surface area contributed by atoms with Gasteiger partial charge in [-0.25, -0.2) is 15.0 Å². The number of fused-ring (bicyclic) bond motifs is 5. The zero-order valence-electron chi connectivity index (χ0n) is 27.5. The lowest BCUT2D eigenvalue weighted by molar-refractivity contribution is 0.669. The van der Waals surface area contributed by atoms with Gasteiger partial charge in [0.1, 0.15) is 11.2 Å². The fraction of sp³-hybridized carbons (Fsp3) is 0. The third-order valence-corrected chi connectivity index (χ3v) is 9.71. The maximum absolute atomic E-state index is 6.63. The van der Waals surface area contributed by atoms with Gasteiger partial charge in [-0.3, -0.25) is 0 Å². The molecule has 8 aromatic carbocycles. The van der Waals surface area contributed by atoms with E-state index in [-0.39, 0.29) is 0 Å². The molecule has 0 amide bonds. The molecule has 4 nitrogen and oxygen atoms in total. The van der Waals surface area contributed by atoms with E-state index in [9.17, 15) is 0 Å². The van der Waals surface area contributed by atoms with E-state index in [1.807, 2.05) is 36.4 Å². The average molecular weight is 652 g/mol. The molecule has 2 heterocycles. The molecular formula is C47H29N3O. The Morgan fingerprint density at radius 1 is 0.314 bits per heavy atom. The Hall–Kier alpha value is -6.91. The fourth-order valence-electron chi connectivity index (χ4n) is 7.16. The van der Waals surface area contributed by atoms with Gasteiger partial charge in [0, 0.05) is 27.5 Å². The van der Waals surface area contributed by atoms with Crippen molar-refractivity contribution in [2.24, 2.45) is 0 Å². The summed E-state index contributed by atoms with van der Waals surface area (Å²) in [6.07, 6.45) is 0. The smallest absolute Gasteiger partial charge is 0.165 e. The first-order valence-corrected chi connectivity index (χ1v) is 17.1. The van der Waals surface area contributed by atoms with Crippen molar-refractivity contribution in [2.45, 2.75) is 0 Å². The summed E-state index contributed by atoms with van der Waals surface area (Å²) < 4.78 is 6.63. The highest BCUT2D eigenvalue weighted by Crippen LogP contribution is 2.42. The molecule has 2 aromatic heterocycles. The SMILES string of the molecule is c1ccc(-c2ccc3c(c2)oc2cc4ccccc4c(-c4nc(-c5ccccc5)nc(-c5ccc(-c6ccc7ccccc7c6)cc5)n4)c23)cc1. The molecule has 0 fully saturated rings. The predicted octanol–water partition coefficient (Wildman–Crippen LogP) is 12.4. The molecule has 0 saturated carbocycles. The van der Waals surface area contributed by atoms with E-state index in [1.165, 1.54) is 16.3 Å². The first-order valence-electron chi connectivity index (χ1n) is 17.1. The Bertz CT molecular complexity index is 2900. The summed E-state index contributed by atoms with van der Waals surface area (Å²) >= 11 is 0. The first-order chi connectivity index (χ1) is 25.2. The Morgan fingerprint density at radius 3 is 1.61 bits per heavy atom. The summed E-state index contributed by atoms with van der Waals surface area (Å²) in [6, 6.07) is 61.0. The van der Waals surface area contributed by atoms with Crippen molar-refractivity contribution < 1.29 is 4.42 Å². The molecule has 0 aliphatic heterocycles. The van der Waals surface area contributed by atoms with Crippen molar-refractivity contribution in [3.63, 3.8) is 0 Å². The molecule has 0 radical (unpaired) electrons. The number of rotatable bonds is 5. The van der Waals surface area contributed by atoms with Crippen molar-refractivity contribution >= 4 is 43.5 Å². The third-order valence-electron chi connectivity index (χ3n) is 9.71. The number of aromatic nitrogens is 3. The van der Waals surface area contributed by atoms with Gasteiger partial charge >= 0.3 is 0 Å². The highest BCUT2D eigenvalue weighted by atomic mass is 16.3. The van der Waals surface area contributed by atoms with Crippen LogP contribution >= 0.6 is 0 Å². The average Bonchev–Trinajstić information content (AvgIpc) is 3.57.